The van der Waals surface area contributed by atoms with E-state index in [1.165, 1.54) is 18.2 Å². The normalized spacial score (nSPS) is 15.0. The first-order chi connectivity index (χ1) is 16.2. The zero-order valence-electron chi connectivity index (χ0n) is 18.4. The van der Waals surface area contributed by atoms with Gasteiger partial charge in [0.25, 0.3) is 11.8 Å². The van der Waals surface area contributed by atoms with Gasteiger partial charge in [0, 0.05) is 0 Å². The van der Waals surface area contributed by atoms with Crippen LogP contribution in [0, 0.1) is 23.2 Å². The number of imide groups is 2. The molecule has 8 heteroatoms. The van der Waals surface area contributed by atoms with Crippen molar-refractivity contribution in [3.05, 3.63) is 97.9 Å². The van der Waals surface area contributed by atoms with E-state index in [0.29, 0.717) is 17.0 Å². The average molecular weight is 570 g/mol. The maximum atomic E-state index is 13.1. The van der Waals surface area contributed by atoms with Crippen LogP contribution in [0.3, 0.4) is 0 Å². The Morgan fingerprint density at radius 3 is 2.29 bits per heavy atom. The molecule has 4 amide bonds. The van der Waals surface area contributed by atoms with E-state index in [2.05, 4.69) is 27.9 Å². The molecular weight excluding hydrogens is 550 g/mol. The number of amides is 4. The van der Waals surface area contributed by atoms with Crippen LogP contribution < -0.4 is 15.0 Å². The van der Waals surface area contributed by atoms with Gasteiger partial charge in [-0.1, -0.05) is 24.3 Å². The number of carbonyl (C=O) groups is 3. The molecule has 1 N–H and O–H groups in total. The zero-order valence-corrected chi connectivity index (χ0v) is 20.6. The van der Waals surface area contributed by atoms with Gasteiger partial charge in [0.2, 0.25) is 0 Å². The summed E-state index contributed by atoms with van der Waals surface area (Å²) >= 11 is 2.10. The molecule has 0 bridgehead atoms. The number of nitrogens with zero attached hydrogens (tertiary/aromatic N) is 1. The number of hydrogen-bond donors (Lipinski definition) is 1. The van der Waals surface area contributed by atoms with Crippen molar-refractivity contribution in [1.29, 1.82) is 0 Å². The van der Waals surface area contributed by atoms with Crippen molar-refractivity contribution < 1.29 is 23.5 Å². The fourth-order valence-electron chi connectivity index (χ4n) is 3.60. The van der Waals surface area contributed by atoms with Crippen LogP contribution in [-0.4, -0.2) is 17.8 Å². The average Bonchev–Trinajstić information content (AvgIpc) is 2.76. The van der Waals surface area contributed by atoms with Gasteiger partial charge in [-0.2, -0.15) is 0 Å². The predicted octanol–water partition coefficient (Wildman–Crippen LogP) is 5.29. The molecule has 4 rings (SSSR count). The summed E-state index contributed by atoms with van der Waals surface area (Å²) in [5, 5.41) is 2.24. The Balaban J connectivity index is 1.57. The molecule has 1 heterocycles. The molecule has 6 nitrogen and oxygen atoms in total. The largest absolute Gasteiger partial charge is 0.488 e. The molecule has 1 fully saturated rings. The van der Waals surface area contributed by atoms with Crippen molar-refractivity contribution >= 4 is 52.2 Å². The third kappa shape index (κ3) is 5.17. The number of urea groups is 1. The van der Waals surface area contributed by atoms with Crippen LogP contribution in [0.4, 0.5) is 14.9 Å². The molecule has 1 aliphatic rings. The molecule has 1 saturated heterocycles. The van der Waals surface area contributed by atoms with Gasteiger partial charge >= 0.3 is 6.03 Å². The Morgan fingerprint density at radius 2 is 1.65 bits per heavy atom. The number of benzene rings is 3. The molecule has 172 valence electrons. The van der Waals surface area contributed by atoms with E-state index in [9.17, 15) is 18.8 Å². The van der Waals surface area contributed by atoms with E-state index in [1.807, 2.05) is 19.9 Å². The van der Waals surface area contributed by atoms with Gasteiger partial charge in [-0.25, -0.2) is 14.1 Å². The third-order valence-corrected chi connectivity index (χ3v) is 5.98. The standard InChI is InChI=1S/C26H20FIN2O4/c1-15-9-16(2)11-20(10-15)30-25(32)21(24(31)29-26(30)33)12-18-5-8-23(22(28)13-18)34-14-17-3-6-19(27)7-4-17/h3-13H,14H2,1-2H3,(H,29,31,33)/b21-12+. The summed E-state index contributed by atoms with van der Waals surface area (Å²) in [6.45, 7) is 4.00. The van der Waals surface area contributed by atoms with Gasteiger partial charge in [-0.05, 0) is 101 Å². The molecule has 1 aliphatic heterocycles. The molecule has 3 aromatic carbocycles. The molecule has 3 aromatic rings. The second kappa shape index (κ2) is 9.76. The molecular formula is C26H20FIN2O4. The first-order valence-corrected chi connectivity index (χ1v) is 11.5. The van der Waals surface area contributed by atoms with Gasteiger partial charge in [0.1, 0.15) is 23.7 Å². The molecule has 0 spiro atoms. The van der Waals surface area contributed by atoms with E-state index in [0.717, 1.165) is 25.2 Å². The van der Waals surface area contributed by atoms with Crippen LogP contribution in [0.25, 0.3) is 6.08 Å². The van der Waals surface area contributed by atoms with Crippen LogP contribution in [0.2, 0.25) is 0 Å². The summed E-state index contributed by atoms with van der Waals surface area (Å²) < 4.78 is 19.6. The van der Waals surface area contributed by atoms with Crippen molar-refractivity contribution in [3.63, 3.8) is 0 Å². The van der Waals surface area contributed by atoms with Crippen LogP contribution in [0.15, 0.2) is 66.2 Å². The smallest absolute Gasteiger partial charge is 0.335 e. The van der Waals surface area contributed by atoms with Gasteiger partial charge in [0.15, 0.2) is 0 Å². The number of halogens is 2. The lowest BCUT2D eigenvalue weighted by atomic mass is 10.1. The predicted molar refractivity (Wildman–Crippen MR) is 135 cm³/mol. The number of rotatable bonds is 5. The number of anilines is 1. The van der Waals surface area contributed by atoms with E-state index in [-0.39, 0.29) is 18.0 Å². The summed E-state index contributed by atoms with van der Waals surface area (Å²) in [4.78, 5) is 39.0. The summed E-state index contributed by atoms with van der Waals surface area (Å²) in [7, 11) is 0. The maximum Gasteiger partial charge on any atom is 0.335 e. The number of aryl methyl sites for hydroxylation is 2. The van der Waals surface area contributed by atoms with Crippen LogP contribution >= 0.6 is 22.6 Å². The minimum atomic E-state index is -0.781. The van der Waals surface area contributed by atoms with Gasteiger partial charge in [0.05, 0.1) is 9.26 Å². The van der Waals surface area contributed by atoms with Crippen LogP contribution in [-0.2, 0) is 16.2 Å². The van der Waals surface area contributed by atoms with Crippen LogP contribution in [0.5, 0.6) is 5.75 Å². The number of hydrogen-bond acceptors (Lipinski definition) is 4. The number of barbiturate groups is 1. The number of carbonyl (C=O) groups excluding carboxylic acids is 3. The van der Waals surface area contributed by atoms with Gasteiger partial charge in [-0.15, -0.1) is 0 Å². The molecule has 0 unspecified atom stereocenters. The summed E-state index contributed by atoms with van der Waals surface area (Å²) in [5.41, 5.74) is 3.47. The fraction of sp³-hybridized carbons (Fsp3) is 0.115. The quantitative estimate of drug-likeness (QED) is 0.257. The maximum absolute atomic E-state index is 13.1. The Labute approximate surface area is 209 Å². The van der Waals surface area contributed by atoms with E-state index >= 15 is 0 Å². The summed E-state index contributed by atoms with van der Waals surface area (Å²) in [5.74, 6) is -1.14. The molecule has 34 heavy (non-hydrogen) atoms. The molecule has 0 atom stereocenters. The second-order valence-electron chi connectivity index (χ2n) is 7.91. The highest BCUT2D eigenvalue weighted by molar-refractivity contribution is 14.1. The van der Waals surface area contributed by atoms with Crippen molar-refractivity contribution in [3.8, 4) is 5.75 Å². The van der Waals surface area contributed by atoms with E-state index < -0.39 is 17.8 Å². The second-order valence-corrected chi connectivity index (χ2v) is 9.07. The van der Waals surface area contributed by atoms with E-state index in [1.54, 1.807) is 42.5 Å². The van der Waals surface area contributed by atoms with Crippen molar-refractivity contribution in [2.24, 2.45) is 0 Å². The van der Waals surface area contributed by atoms with Gasteiger partial charge in [-0.3, -0.25) is 14.9 Å². The first-order valence-electron chi connectivity index (χ1n) is 10.4. The lowest BCUT2D eigenvalue weighted by Gasteiger charge is -2.27. The highest BCUT2D eigenvalue weighted by atomic mass is 127. The molecule has 0 radical (unpaired) electrons. The monoisotopic (exact) mass is 570 g/mol. The topological polar surface area (TPSA) is 75.7 Å². The zero-order chi connectivity index (χ0) is 24.4. The Bertz CT molecular complexity index is 1310. The molecule has 0 saturated carbocycles. The minimum absolute atomic E-state index is 0.144. The fourth-order valence-corrected chi connectivity index (χ4v) is 4.30. The number of ether oxygens (including phenoxy) is 1. The first kappa shape index (κ1) is 23.6. The summed E-state index contributed by atoms with van der Waals surface area (Å²) in [6.07, 6.45) is 1.45. The van der Waals surface area contributed by atoms with Crippen molar-refractivity contribution in [1.82, 2.24) is 5.32 Å². The number of nitrogens with one attached hydrogen (secondary N) is 1. The lowest BCUT2D eigenvalue weighted by molar-refractivity contribution is -0.122. The Morgan fingerprint density at radius 1 is 0.971 bits per heavy atom. The van der Waals surface area contributed by atoms with E-state index in [4.69, 9.17) is 4.74 Å². The molecule has 0 aliphatic carbocycles. The Hall–Kier alpha value is -3.53. The molecule has 0 aromatic heterocycles. The van der Waals surface area contributed by atoms with Crippen molar-refractivity contribution in [2.45, 2.75) is 20.5 Å². The minimum Gasteiger partial charge on any atom is -0.488 e. The van der Waals surface area contributed by atoms with Crippen LogP contribution in [0.1, 0.15) is 22.3 Å². The third-order valence-electron chi connectivity index (χ3n) is 5.14. The van der Waals surface area contributed by atoms with Crippen molar-refractivity contribution in [2.75, 3.05) is 4.90 Å². The lowest BCUT2D eigenvalue weighted by Crippen LogP contribution is -2.54. The highest BCUT2D eigenvalue weighted by Gasteiger charge is 2.37. The Kier molecular flexibility index (Phi) is 6.78. The summed E-state index contributed by atoms with van der Waals surface area (Å²) in [6, 6.07) is 15.8. The SMILES string of the molecule is Cc1cc(C)cc(N2C(=O)NC(=O)/C(=C\c3ccc(OCc4ccc(F)cc4)c(I)c3)C2=O)c1. The van der Waals surface area contributed by atoms with Gasteiger partial charge < -0.3 is 4.74 Å². The highest BCUT2D eigenvalue weighted by Crippen LogP contribution is 2.27.